The number of rotatable bonds is 7. The molecule has 1 aromatic rings. The summed E-state index contributed by atoms with van der Waals surface area (Å²) in [6, 6.07) is 8.23. The molecule has 3 nitrogen and oxygen atoms in total. The van der Waals surface area contributed by atoms with Crippen molar-refractivity contribution in [1.82, 2.24) is 10.6 Å². The molecule has 1 atom stereocenters. The topological polar surface area (TPSA) is 41.1 Å². The van der Waals surface area contributed by atoms with Gasteiger partial charge in [0.15, 0.2) is 0 Å². The maximum Gasteiger partial charge on any atom is 0.236 e. The highest BCUT2D eigenvalue weighted by atomic mass is 16.2. The van der Waals surface area contributed by atoms with Gasteiger partial charge in [-0.15, -0.1) is 0 Å². The maximum atomic E-state index is 11.8. The molecule has 0 radical (unpaired) electrons. The van der Waals surface area contributed by atoms with E-state index in [0.717, 1.165) is 19.5 Å². The third-order valence-corrected chi connectivity index (χ3v) is 3.18. The number of hydrogen-bond donors (Lipinski definition) is 2. The normalized spacial score (nSPS) is 12.5. The lowest BCUT2D eigenvalue weighted by atomic mass is 10.1. The lowest BCUT2D eigenvalue weighted by molar-refractivity contribution is -0.122. The van der Waals surface area contributed by atoms with Crippen molar-refractivity contribution in [3.63, 3.8) is 0 Å². The van der Waals surface area contributed by atoms with Gasteiger partial charge in [0, 0.05) is 6.54 Å². The van der Waals surface area contributed by atoms with Crippen molar-refractivity contribution in [2.75, 3.05) is 13.1 Å². The Balaban J connectivity index is 2.29. The Labute approximate surface area is 116 Å². The van der Waals surface area contributed by atoms with Crippen LogP contribution in [0.4, 0.5) is 0 Å². The highest BCUT2D eigenvalue weighted by Crippen LogP contribution is 2.06. The number of benzene rings is 1. The van der Waals surface area contributed by atoms with Gasteiger partial charge < -0.3 is 10.6 Å². The Hall–Kier alpha value is -1.35. The van der Waals surface area contributed by atoms with Gasteiger partial charge in [-0.25, -0.2) is 0 Å². The van der Waals surface area contributed by atoms with Crippen LogP contribution in [0.15, 0.2) is 24.3 Å². The summed E-state index contributed by atoms with van der Waals surface area (Å²) in [6.07, 6.45) is 0.953. The fourth-order valence-electron chi connectivity index (χ4n) is 1.86. The van der Waals surface area contributed by atoms with Crippen LogP contribution in [0.2, 0.25) is 0 Å². The van der Waals surface area contributed by atoms with E-state index in [2.05, 4.69) is 49.6 Å². The molecule has 1 rings (SSSR count). The lowest BCUT2D eigenvalue weighted by Gasteiger charge is -2.15. The summed E-state index contributed by atoms with van der Waals surface area (Å²) in [4.78, 5) is 11.8. The van der Waals surface area contributed by atoms with Crippen LogP contribution in [0.5, 0.6) is 0 Å². The number of aryl methyl sites for hydroxylation is 1. The minimum absolute atomic E-state index is 0.0819. The van der Waals surface area contributed by atoms with Crippen molar-refractivity contribution < 1.29 is 4.79 Å². The molecule has 1 amide bonds. The molecule has 0 heterocycles. The van der Waals surface area contributed by atoms with E-state index in [9.17, 15) is 4.79 Å². The van der Waals surface area contributed by atoms with Crippen LogP contribution >= 0.6 is 0 Å². The monoisotopic (exact) mass is 262 g/mol. The van der Waals surface area contributed by atoms with E-state index in [-0.39, 0.29) is 11.9 Å². The van der Waals surface area contributed by atoms with E-state index in [4.69, 9.17) is 0 Å². The summed E-state index contributed by atoms with van der Waals surface area (Å²) in [6.45, 7) is 9.78. The zero-order valence-electron chi connectivity index (χ0n) is 12.5. The summed E-state index contributed by atoms with van der Waals surface area (Å²) in [7, 11) is 0. The summed E-state index contributed by atoms with van der Waals surface area (Å²) >= 11 is 0. The van der Waals surface area contributed by atoms with Gasteiger partial charge in [0.05, 0.1) is 6.04 Å². The summed E-state index contributed by atoms with van der Waals surface area (Å²) in [5, 5.41) is 6.21. The summed E-state index contributed by atoms with van der Waals surface area (Å²) < 4.78 is 0. The molecule has 0 saturated heterocycles. The van der Waals surface area contributed by atoms with Gasteiger partial charge in [0.2, 0.25) is 5.91 Å². The Kier molecular flexibility index (Phi) is 6.57. The van der Waals surface area contributed by atoms with E-state index in [0.29, 0.717) is 5.92 Å². The molecule has 1 aromatic carbocycles. The Morgan fingerprint density at radius 3 is 2.53 bits per heavy atom. The largest absolute Gasteiger partial charge is 0.354 e. The lowest BCUT2D eigenvalue weighted by Crippen LogP contribution is -2.43. The van der Waals surface area contributed by atoms with E-state index in [1.165, 1.54) is 11.1 Å². The molecule has 0 aliphatic heterocycles. The standard InChI is InChI=1S/C16H26N2O/c1-12(2)11-18-16(19)14(4)17-10-9-15-8-6-5-7-13(15)3/h5-8,12,14,17H,9-11H2,1-4H3,(H,18,19). The van der Waals surface area contributed by atoms with E-state index in [1.54, 1.807) is 0 Å². The molecule has 0 fully saturated rings. The molecule has 2 N–H and O–H groups in total. The third-order valence-electron chi connectivity index (χ3n) is 3.18. The predicted octanol–water partition coefficient (Wildman–Crippen LogP) is 2.29. The van der Waals surface area contributed by atoms with Crippen molar-refractivity contribution in [2.24, 2.45) is 5.92 Å². The molecular weight excluding hydrogens is 236 g/mol. The average molecular weight is 262 g/mol. The molecule has 0 aromatic heterocycles. The van der Waals surface area contributed by atoms with Crippen molar-refractivity contribution in [3.05, 3.63) is 35.4 Å². The first-order valence-corrected chi connectivity index (χ1v) is 7.06. The molecule has 0 spiro atoms. The first-order valence-electron chi connectivity index (χ1n) is 7.06. The zero-order valence-corrected chi connectivity index (χ0v) is 12.5. The Bertz CT molecular complexity index is 401. The Morgan fingerprint density at radius 2 is 1.89 bits per heavy atom. The molecule has 0 bridgehead atoms. The quantitative estimate of drug-likeness (QED) is 0.791. The summed E-state index contributed by atoms with van der Waals surface area (Å²) in [5.41, 5.74) is 2.64. The second-order valence-corrected chi connectivity index (χ2v) is 5.49. The number of hydrogen-bond acceptors (Lipinski definition) is 2. The molecule has 3 heteroatoms. The SMILES string of the molecule is Cc1ccccc1CCNC(C)C(=O)NCC(C)C. The van der Waals surface area contributed by atoms with Gasteiger partial charge in [0.1, 0.15) is 0 Å². The highest BCUT2D eigenvalue weighted by Gasteiger charge is 2.11. The predicted molar refractivity (Wildman–Crippen MR) is 80.2 cm³/mol. The molecule has 19 heavy (non-hydrogen) atoms. The number of nitrogens with one attached hydrogen (secondary N) is 2. The van der Waals surface area contributed by atoms with Gasteiger partial charge in [-0.2, -0.15) is 0 Å². The van der Waals surface area contributed by atoms with E-state index >= 15 is 0 Å². The zero-order chi connectivity index (χ0) is 14.3. The average Bonchev–Trinajstić information content (AvgIpc) is 2.38. The molecule has 0 saturated carbocycles. The Morgan fingerprint density at radius 1 is 1.21 bits per heavy atom. The van der Waals surface area contributed by atoms with Crippen LogP contribution in [0.3, 0.4) is 0 Å². The second-order valence-electron chi connectivity index (χ2n) is 5.49. The van der Waals surface area contributed by atoms with Gasteiger partial charge in [-0.05, 0) is 43.9 Å². The maximum absolute atomic E-state index is 11.8. The molecular formula is C16H26N2O. The molecule has 0 aliphatic carbocycles. The van der Waals surface area contributed by atoms with Crippen molar-refractivity contribution in [2.45, 2.75) is 40.2 Å². The van der Waals surface area contributed by atoms with Gasteiger partial charge in [-0.1, -0.05) is 38.1 Å². The van der Waals surface area contributed by atoms with Crippen molar-refractivity contribution in [3.8, 4) is 0 Å². The van der Waals surface area contributed by atoms with Crippen LogP contribution in [0.1, 0.15) is 31.9 Å². The molecule has 106 valence electrons. The van der Waals surface area contributed by atoms with Crippen LogP contribution in [0.25, 0.3) is 0 Å². The van der Waals surface area contributed by atoms with Crippen molar-refractivity contribution >= 4 is 5.91 Å². The second kappa shape index (κ2) is 7.95. The van der Waals surface area contributed by atoms with Crippen LogP contribution < -0.4 is 10.6 Å². The minimum atomic E-state index is -0.136. The number of carbonyl (C=O) groups is 1. The van der Waals surface area contributed by atoms with Crippen molar-refractivity contribution in [1.29, 1.82) is 0 Å². The molecule has 1 unspecified atom stereocenters. The van der Waals surface area contributed by atoms with Gasteiger partial charge >= 0.3 is 0 Å². The smallest absolute Gasteiger partial charge is 0.236 e. The summed E-state index contributed by atoms with van der Waals surface area (Å²) in [5.74, 6) is 0.571. The first-order chi connectivity index (χ1) is 9.00. The fraction of sp³-hybridized carbons (Fsp3) is 0.562. The van der Waals surface area contributed by atoms with Crippen LogP contribution in [0, 0.1) is 12.8 Å². The third kappa shape index (κ3) is 5.88. The van der Waals surface area contributed by atoms with E-state index in [1.807, 2.05) is 13.0 Å². The number of amides is 1. The van der Waals surface area contributed by atoms with Crippen LogP contribution in [-0.2, 0) is 11.2 Å². The first kappa shape index (κ1) is 15.7. The number of carbonyl (C=O) groups excluding carboxylic acids is 1. The minimum Gasteiger partial charge on any atom is -0.354 e. The van der Waals surface area contributed by atoms with Crippen LogP contribution in [-0.4, -0.2) is 25.0 Å². The molecule has 0 aliphatic rings. The van der Waals surface area contributed by atoms with Gasteiger partial charge in [0.25, 0.3) is 0 Å². The fourth-order valence-corrected chi connectivity index (χ4v) is 1.86. The van der Waals surface area contributed by atoms with Gasteiger partial charge in [-0.3, -0.25) is 4.79 Å². The highest BCUT2D eigenvalue weighted by molar-refractivity contribution is 5.81. The van der Waals surface area contributed by atoms with E-state index < -0.39 is 0 Å².